The summed E-state index contributed by atoms with van der Waals surface area (Å²) >= 11 is 0. The number of nitrogens with zero attached hydrogens (tertiary/aromatic N) is 3. The van der Waals surface area contributed by atoms with Crippen LogP contribution in [0.1, 0.15) is 5.56 Å². The number of aromatic nitrogens is 3. The lowest BCUT2D eigenvalue weighted by molar-refractivity contribution is 0.613. The van der Waals surface area contributed by atoms with Crippen LogP contribution in [0.5, 0.6) is 0 Å². The van der Waals surface area contributed by atoms with E-state index in [2.05, 4.69) is 20.3 Å². The van der Waals surface area contributed by atoms with Crippen molar-refractivity contribution in [3.63, 3.8) is 0 Å². The summed E-state index contributed by atoms with van der Waals surface area (Å²) in [5.74, 6) is 0.225. The monoisotopic (exact) mass is 280 g/mol. The zero-order valence-corrected chi connectivity index (χ0v) is 11.2. The zero-order valence-electron chi connectivity index (χ0n) is 11.2. The van der Waals surface area contributed by atoms with Gasteiger partial charge in [0.15, 0.2) is 0 Å². The summed E-state index contributed by atoms with van der Waals surface area (Å²) in [5.41, 5.74) is 2.34. The Labute approximate surface area is 121 Å². The van der Waals surface area contributed by atoms with E-state index in [0.717, 1.165) is 11.1 Å². The summed E-state index contributed by atoms with van der Waals surface area (Å²) < 4.78 is 14.1. The van der Waals surface area contributed by atoms with E-state index in [9.17, 15) is 4.39 Å². The molecule has 0 fully saturated rings. The molecule has 3 rings (SSSR count). The molecule has 0 unspecified atom stereocenters. The molecule has 0 aliphatic carbocycles. The summed E-state index contributed by atoms with van der Waals surface area (Å²) in [4.78, 5) is 12.0. The van der Waals surface area contributed by atoms with Crippen molar-refractivity contribution in [1.82, 2.24) is 15.0 Å². The van der Waals surface area contributed by atoms with Crippen LogP contribution in [0.4, 0.5) is 10.3 Å². The summed E-state index contributed by atoms with van der Waals surface area (Å²) in [6.45, 7) is 0.340. The maximum atomic E-state index is 14.1. The van der Waals surface area contributed by atoms with Crippen molar-refractivity contribution in [3.8, 4) is 11.1 Å². The molecule has 104 valence electrons. The fraction of sp³-hybridized carbons (Fsp3) is 0.0625. The Morgan fingerprint density at radius 3 is 2.38 bits per heavy atom. The number of benzene rings is 1. The van der Waals surface area contributed by atoms with E-state index >= 15 is 0 Å². The van der Waals surface area contributed by atoms with Crippen molar-refractivity contribution in [3.05, 3.63) is 72.6 Å². The Bertz CT molecular complexity index is 717. The molecule has 1 aromatic carbocycles. The van der Waals surface area contributed by atoms with E-state index in [-0.39, 0.29) is 5.82 Å². The van der Waals surface area contributed by atoms with Gasteiger partial charge in [-0.3, -0.25) is 4.98 Å². The van der Waals surface area contributed by atoms with Gasteiger partial charge in [0.2, 0.25) is 5.95 Å². The molecule has 2 heterocycles. The van der Waals surface area contributed by atoms with Gasteiger partial charge in [-0.25, -0.2) is 14.4 Å². The topological polar surface area (TPSA) is 50.7 Å². The fourth-order valence-electron chi connectivity index (χ4n) is 1.98. The van der Waals surface area contributed by atoms with Crippen molar-refractivity contribution >= 4 is 5.95 Å². The van der Waals surface area contributed by atoms with Crippen LogP contribution in [0.25, 0.3) is 11.1 Å². The van der Waals surface area contributed by atoms with E-state index in [4.69, 9.17) is 0 Å². The highest BCUT2D eigenvalue weighted by Gasteiger charge is 2.05. The van der Waals surface area contributed by atoms with E-state index in [1.807, 2.05) is 18.2 Å². The second kappa shape index (κ2) is 6.09. The van der Waals surface area contributed by atoms with Gasteiger partial charge in [0.25, 0.3) is 0 Å². The summed E-state index contributed by atoms with van der Waals surface area (Å²) in [6.07, 6.45) is 6.65. The van der Waals surface area contributed by atoms with Crippen LogP contribution in [-0.4, -0.2) is 15.0 Å². The maximum absolute atomic E-state index is 14.1. The molecule has 0 radical (unpaired) electrons. The van der Waals surface area contributed by atoms with Crippen molar-refractivity contribution in [2.24, 2.45) is 0 Å². The SMILES string of the molecule is Fc1cc(-c2ccncc2)ccc1CNc1ncccn1. The summed E-state index contributed by atoms with van der Waals surface area (Å²) in [6, 6.07) is 10.6. The minimum Gasteiger partial charge on any atom is -0.350 e. The fourth-order valence-corrected chi connectivity index (χ4v) is 1.98. The normalized spacial score (nSPS) is 10.3. The Hall–Kier alpha value is -2.82. The second-order valence-electron chi connectivity index (χ2n) is 4.47. The van der Waals surface area contributed by atoms with Crippen LogP contribution < -0.4 is 5.32 Å². The van der Waals surface area contributed by atoms with Crippen LogP contribution in [0.2, 0.25) is 0 Å². The molecule has 0 aliphatic rings. The molecule has 0 aliphatic heterocycles. The lowest BCUT2D eigenvalue weighted by Crippen LogP contribution is -2.04. The van der Waals surface area contributed by atoms with Gasteiger partial charge in [-0.15, -0.1) is 0 Å². The number of rotatable bonds is 4. The van der Waals surface area contributed by atoms with Gasteiger partial charge >= 0.3 is 0 Å². The first-order valence-electron chi connectivity index (χ1n) is 6.52. The molecule has 21 heavy (non-hydrogen) atoms. The summed E-state index contributed by atoms with van der Waals surface area (Å²) in [7, 11) is 0. The number of halogens is 1. The average Bonchev–Trinajstić information content (AvgIpc) is 2.55. The van der Waals surface area contributed by atoms with Crippen molar-refractivity contribution in [1.29, 1.82) is 0 Å². The third kappa shape index (κ3) is 3.20. The molecule has 0 atom stereocenters. The zero-order chi connectivity index (χ0) is 14.5. The second-order valence-corrected chi connectivity index (χ2v) is 4.47. The van der Waals surface area contributed by atoms with Crippen LogP contribution in [0.15, 0.2) is 61.2 Å². The van der Waals surface area contributed by atoms with Gasteiger partial charge in [0.1, 0.15) is 5.82 Å². The molecular formula is C16H13FN4. The van der Waals surface area contributed by atoms with E-state index in [1.165, 1.54) is 6.07 Å². The van der Waals surface area contributed by atoms with E-state index in [1.54, 1.807) is 36.9 Å². The van der Waals surface area contributed by atoms with Gasteiger partial charge in [-0.2, -0.15) is 0 Å². The van der Waals surface area contributed by atoms with E-state index < -0.39 is 0 Å². The quantitative estimate of drug-likeness (QED) is 0.796. The Balaban J connectivity index is 1.76. The summed E-state index contributed by atoms with van der Waals surface area (Å²) in [5, 5.41) is 2.99. The first kappa shape index (κ1) is 13.2. The predicted octanol–water partition coefficient (Wildman–Crippen LogP) is 3.29. The smallest absolute Gasteiger partial charge is 0.222 e. The van der Waals surface area contributed by atoms with Gasteiger partial charge in [0.05, 0.1) is 0 Å². The molecule has 0 saturated carbocycles. The molecule has 3 aromatic rings. The minimum absolute atomic E-state index is 0.257. The van der Waals surface area contributed by atoms with Gasteiger partial charge in [-0.05, 0) is 35.4 Å². The highest BCUT2D eigenvalue weighted by Crippen LogP contribution is 2.21. The van der Waals surface area contributed by atoms with E-state index in [0.29, 0.717) is 18.1 Å². The Morgan fingerprint density at radius 1 is 0.905 bits per heavy atom. The van der Waals surface area contributed by atoms with Crippen molar-refractivity contribution in [2.75, 3.05) is 5.32 Å². The number of anilines is 1. The average molecular weight is 280 g/mol. The third-order valence-electron chi connectivity index (χ3n) is 3.07. The molecule has 5 heteroatoms. The molecule has 0 spiro atoms. The molecular weight excluding hydrogens is 267 g/mol. The maximum Gasteiger partial charge on any atom is 0.222 e. The van der Waals surface area contributed by atoms with Crippen LogP contribution in [0, 0.1) is 5.82 Å². The van der Waals surface area contributed by atoms with Gasteiger partial charge in [-0.1, -0.05) is 12.1 Å². The molecule has 0 saturated heterocycles. The molecule has 0 bridgehead atoms. The van der Waals surface area contributed by atoms with Crippen LogP contribution in [0.3, 0.4) is 0 Å². The van der Waals surface area contributed by atoms with Gasteiger partial charge in [0, 0.05) is 36.9 Å². The van der Waals surface area contributed by atoms with Gasteiger partial charge < -0.3 is 5.32 Å². The molecule has 4 nitrogen and oxygen atoms in total. The Morgan fingerprint density at radius 2 is 1.67 bits per heavy atom. The molecule has 0 amide bonds. The van der Waals surface area contributed by atoms with Crippen LogP contribution >= 0.6 is 0 Å². The first-order chi connectivity index (χ1) is 10.3. The molecule has 1 N–H and O–H groups in total. The van der Waals surface area contributed by atoms with Crippen LogP contribution in [-0.2, 0) is 6.54 Å². The van der Waals surface area contributed by atoms with Crippen molar-refractivity contribution < 1.29 is 4.39 Å². The molecule has 2 aromatic heterocycles. The lowest BCUT2D eigenvalue weighted by atomic mass is 10.0. The number of hydrogen-bond acceptors (Lipinski definition) is 4. The highest BCUT2D eigenvalue weighted by molar-refractivity contribution is 5.63. The predicted molar refractivity (Wildman–Crippen MR) is 79.0 cm³/mol. The largest absolute Gasteiger partial charge is 0.350 e. The lowest BCUT2D eigenvalue weighted by Gasteiger charge is -2.08. The minimum atomic E-state index is -0.257. The third-order valence-corrected chi connectivity index (χ3v) is 3.07. The standard InChI is InChI=1S/C16H13FN4/c17-15-10-13(12-4-8-18-9-5-12)2-3-14(15)11-21-16-19-6-1-7-20-16/h1-10H,11H2,(H,19,20,21). The first-order valence-corrected chi connectivity index (χ1v) is 6.52. The number of nitrogens with one attached hydrogen (secondary N) is 1. The Kier molecular flexibility index (Phi) is 3.82. The van der Waals surface area contributed by atoms with Crippen molar-refractivity contribution in [2.45, 2.75) is 6.54 Å². The highest BCUT2D eigenvalue weighted by atomic mass is 19.1. The number of hydrogen-bond donors (Lipinski definition) is 1. The number of pyridine rings is 1.